The smallest absolute Gasteiger partial charge is 0.293 e. The lowest BCUT2D eigenvalue weighted by molar-refractivity contribution is 0.0991. The number of benzene rings is 2. The van der Waals surface area contributed by atoms with Crippen molar-refractivity contribution in [3.05, 3.63) is 93.1 Å². The molecule has 0 radical (unpaired) electrons. The van der Waals surface area contributed by atoms with E-state index in [1.54, 1.807) is 35.0 Å². The van der Waals surface area contributed by atoms with E-state index >= 15 is 0 Å². The summed E-state index contributed by atoms with van der Waals surface area (Å²) in [6.45, 7) is 0.525. The average Bonchev–Trinajstić information content (AvgIpc) is 3.39. The Morgan fingerprint density at radius 3 is 2.71 bits per heavy atom. The lowest BCUT2D eigenvalue weighted by atomic mass is 10.2. The minimum Gasteiger partial charge on any atom is -0.484 e. The lowest BCUT2D eigenvalue weighted by Gasteiger charge is -2.06. The number of amides is 1. The highest BCUT2D eigenvalue weighted by Gasteiger charge is 2.15. The highest BCUT2D eigenvalue weighted by molar-refractivity contribution is 6.35. The van der Waals surface area contributed by atoms with Crippen molar-refractivity contribution in [1.29, 1.82) is 0 Å². The summed E-state index contributed by atoms with van der Waals surface area (Å²) in [5, 5.41) is 8.36. The molecule has 1 amide bonds. The van der Waals surface area contributed by atoms with Crippen LogP contribution in [-0.4, -0.2) is 20.7 Å². The first-order valence-electron chi connectivity index (χ1n) is 9.09. The average molecular weight is 478 g/mol. The molecule has 2 aromatic carbocycles. The minimum atomic E-state index is -0.480. The normalized spacial score (nSPS) is 10.8. The Bertz CT molecular complexity index is 1220. The molecule has 0 aliphatic carbocycles. The van der Waals surface area contributed by atoms with Gasteiger partial charge in [0.25, 0.3) is 5.91 Å². The van der Waals surface area contributed by atoms with Gasteiger partial charge in [-0.3, -0.25) is 10.1 Å². The number of ether oxygens (including phenoxy) is 1. The number of hydrogen-bond donors (Lipinski definition) is 1. The Morgan fingerprint density at radius 2 is 1.90 bits per heavy atom. The van der Waals surface area contributed by atoms with Crippen LogP contribution in [-0.2, 0) is 13.2 Å². The van der Waals surface area contributed by atoms with Crippen molar-refractivity contribution in [2.75, 3.05) is 5.32 Å². The largest absolute Gasteiger partial charge is 0.484 e. The number of hydrogen-bond acceptors (Lipinski definition) is 5. The number of carbonyl (C=O) groups is 1. The first kappa shape index (κ1) is 21.2. The molecule has 2 aromatic heterocycles. The fourth-order valence-electron chi connectivity index (χ4n) is 2.71. The van der Waals surface area contributed by atoms with Crippen molar-refractivity contribution >= 4 is 46.7 Å². The lowest BCUT2D eigenvalue weighted by Crippen LogP contribution is -2.12. The fraction of sp³-hybridized carbons (Fsp3) is 0.0952. The van der Waals surface area contributed by atoms with Gasteiger partial charge in [-0.05, 0) is 42.0 Å². The molecule has 7 nitrogen and oxygen atoms in total. The van der Waals surface area contributed by atoms with Crippen molar-refractivity contribution in [2.45, 2.75) is 13.2 Å². The quantitative estimate of drug-likeness (QED) is 0.368. The molecule has 1 N–H and O–H groups in total. The van der Waals surface area contributed by atoms with Crippen LogP contribution in [0.25, 0.3) is 0 Å². The molecule has 4 rings (SSSR count). The van der Waals surface area contributed by atoms with Gasteiger partial charge < -0.3 is 9.15 Å². The van der Waals surface area contributed by atoms with E-state index in [2.05, 4.69) is 15.4 Å². The van der Waals surface area contributed by atoms with E-state index in [1.165, 1.54) is 12.4 Å². The van der Waals surface area contributed by atoms with Crippen molar-refractivity contribution in [3.8, 4) is 5.75 Å². The van der Waals surface area contributed by atoms with Crippen molar-refractivity contribution in [2.24, 2.45) is 0 Å². The van der Waals surface area contributed by atoms with Crippen molar-refractivity contribution in [1.82, 2.24) is 14.8 Å². The molecule has 0 bridgehead atoms. The van der Waals surface area contributed by atoms with E-state index in [1.807, 2.05) is 18.2 Å². The number of rotatable bonds is 7. The number of halogens is 3. The van der Waals surface area contributed by atoms with Crippen LogP contribution < -0.4 is 10.1 Å². The number of carbonyl (C=O) groups excluding carboxylic acids is 1. The maximum absolute atomic E-state index is 12.4. The van der Waals surface area contributed by atoms with Gasteiger partial charge in [0.1, 0.15) is 24.4 Å². The molecule has 0 atom stereocenters. The van der Waals surface area contributed by atoms with Gasteiger partial charge in [0, 0.05) is 10.0 Å². The Balaban J connectivity index is 1.35. The minimum absolute atomic E-state index is 0.0966. The maximum Gasteiger partial charge on any atom is 0.293 e. The summed E-state index contributed by atoms with van der Waals surface area (Å²) in [5.74, 6) is 0.684. The maximum atomic E-state index is 12.4. The van der Waals surface area contributed by atoms with Gasteiger partial charge in [-0.15, -0.1) is 5.10 Å². The summed E-state index contributed by atoms with van der Waals surface area (Å²) < 4.78 is 12.7. The number of anilines is 1. The van der Waals surface area contributed by atoms with Crippen LogP contribution in [0, 0.1) is 0 Å². The Hall–Kier alpha value is -3.00. The third-order valence-electron chi connectivity index (χ3n) is 4.20. The second-order valence-electron chi connectivity index (χ2n) is 6.44. The topological polar surface area (TPSA) is 82.2 Å². The van der Waals surface area contributed by atoms with Crippen LogP contribution in [0.5, 0.6) is 5.75 Å². The summed E-state index contributed by atoms with van der Waals surface area (Å²) in [6.07, 6.45) is 1.51. The van der Waals surface area contributed by atoms with Crippen LogP contribution in [0.1, 0.15) is 21.9 Å². The molecular formula is C21H15Cl3N4O3. The van der Waals surface area contributed by atoms with Crippen LogP contribution in [0.15, 0.2) is 65.3 Å². The molecular weight excluding hydrogens is 463 g/mol. The molecule has 0 saturated heterocycles. The summed E-state index contributed by atoms with van der Waals surface area (Å²) in [6, 6.07) is 15.5. The Labute approximate surface area is 192 Å². The van der Waals surface area contributed by atoms with Gasteiger partial charge in [0.15, 0.2) is 5.76 Å². The van der Waals surface area contributed by atoms with Crippen LogP contribution in [0.3, 0.4) is 0 Å². The van der Waals surface area contributed by atoms with E-state index in [0.717, 1.165) is 5.56 Å². The van der Waals surface area contributed by atoms with E-state index in [-0.39, 0.29) is 18.3 Å². The van der Waals surface area contributed by atoms with E-state index in [9.17, 15) is 4.79 Å². The monoisotopic (exact) mass is 476 g/mol. The van der Waals surface area contributed by atoms with Crippen LogP contribution >= 0.6 is 34.8 Å². The number of nitrogens with one attached hydrogen (secondary N) is 1. The van der Waals surface area contributed by atoms with E-state index in [4.69, 9.17) is 44.0 Å². The predicted molar refractivity (Wildman–Crippen MR) is 118 cm³/mol. The highest BCUT2D eigenvalue weighted by atomic mass is 35.5. The van der Waals surface area contributed by atoms with Gasteiger partial charge in [-0.1, -0.05) is 53.0 Å². The highest BCUT2D eigenvalue weighted by Crippen LogP contribution is 2.28. The number of nitrogens with zero attached hydrogens (tertiary/aromatic N) is 3. The third kappa shape index (κ3) is 5.38. The molecule has 0 unspecified atom stereocenters. The first-order valence-corrected chi connectivity index (χ1v) is 10.2. The van der Waals surface area contributed by atoms with Crippen molar-refractivity contribution < 1.29 is 13.9 Å². The summed E-state index contributed by atoms with van der Waals surface area (Å²) in [7, 11) is 0. The zero-order valence-corrected chi connectivity index (χ0v) is 18.2. The predicted octanol–water partition coefficient (Wildman–Crippen LogP) is 5.71. The molecule has 2 heterocycles. The Morgan fingerprint density at radius 1 is 1.06 bits per heavy atom. The van der Waals surface area contributed by atoms with Gasteiger partial charge >= 0.3 is 0 Å². The molecule has 0 saturated carbocycles. The zero-order valence-electron chi connectivity index (χ0n) is 15.9. The molecule has 31 heavy (non-hydrogen) atoms. The van der Waals surface area contributed by atoms with Crippen LogP contribution in [0.4, 0.5) is 5.95 Å². The molecule has 0 fully saturated rings. The molecule has 4 aromatic rings. The third-order valence-corrected chi connectivity index (χ3v) is 5.10. The van der Waals surface area contributed by atoms with Gasteiger partial charge in [-0.25, -0.2) is 9.67 Å². The standard InChI is InChI=1S/C21H15Cl3N4O3/c22-14-5-7-18(17(24)9-14)30-11-15-6-8-19(31-15)20(29)26-21-25-12-28(27-21)10-13-3-1-2-4-16(13)23/h1-9,12H,10-11H2,(H,26,27,29). The number of aromatic nitrogens is 3. The van der Waals surface area contributed by atoms with Gasteiger partial charge in [0.2, 0.25) is 5.95 Å². The molecule has 158 valence electrons. The van der Waals surface area contributed by atoms with Crippen LogP contribution in [0.2, 0.25) is 15.1 Å². The SMILES string of the molecule is O=C(Nc1ncn(Cc2ccccc2Cl)n1)c1ccc(COc2ccc(Cl)cc2Cl)o1. The van der Waals surface area contributed by atoms with E-state index in [0.29, 0.717) is 33.1 Å². The summed E-state index contributed by atoms with van der Waals surface area (Å²) in [5.41, 5.74) is 0.892. The summed E-state index contributed by atoms with van der Waals surface area (Å²) >= 11 is 18.1. The molecule has 0 aliphatic heterocycles. The molecule has 10 heteroatoms. The molecule has 0 spiro atoms. The Kier molecular flexibility index (Phi) is 6.46. The van der Waals surface area contributed by atoms with Gasteiger partial charge in [-0.2, -0.15) is 0 Å². The van der Waals surface area contributed by atoms with E-state index < -0.39 is 5.91 Å². The van der Waals surface area contributed by atoms with Crippen molar-refractivity contribution in [3.63, 3.8) is 0 Å². The number of furan rings is 1. The summed E-state index contributed by atoms with van der Waals surface area (Å²) in [4.78, 5) is 16.5. The second-order valence-corrected chi connectivity index (χ2v) is 7.69. The molecule has 0 aliphatic rings. The van der Waals surface area contributed by atoms with Gasteiger partial charge in [0.05, 0.1) is 11.6 Å². The zero-order chi connectivity index (χ0) is 21.8. The first-order chi connectivity index (χ1) is 15.0. The fourth-order valence-corrected chi connectivity index (χ4v) is 3.37. The second kappa shape index (κ2) is 9.43.